The SMILES string of the molecule is COc1ccc(C(O)c2cnccc2C)c(OC)c1. The first-order chi connectivity index (χ1) is 9.17. The molecule has 4 nitrogen and oxygen atoms in total. The molecule has 0 aliphatic rings. The molecular weight excluding hydrogens is 242 g/mol. The molecule has 1 aromatic heterocycles. The number of aliphatic hydroxyl groups is 1. The van der Waals surface area contributed by atoms with Gasteiger partial charge in [-0.3, -0.25) is 4.98 Å². The largest absolute Gasteiger partial charge is 0.497 e. The highest BCUT2D eigenvalue weighted by Gasteiger charge is 2.18. The van der Waals surface area contributed by atoms with Crippen molar-refractivity contribution in [2.45, 2.75) is 13.0 Å². The Labute approximate surface area is 112 Å². The Morgan fingerprint density at radius 2 is 1.89 bits per heavy atom. The molecule has 0 fully saturated rings. The van der Waals surface area contributed by atoms with E-state index in [4.69, 9.17) is 9.47 Å². The number of ether oxygens (including phenoxy) is 2. The number of benzene rings is 1. The van der Waals surface area contributed by atoms with Gasteiger partial charge in [0.15, 0.2) is 0 Å². The predicted octanol–water partition coefficient (Wildman–Crippen LogP) is 2.49. The van der Waals surface area contributed by atoms with Crippen LogP contribution < -0.4 is 9.47 Å². The molecule has 1 heterocycles. The summed E-state index contributed by atoms with van der Waals surface area (Å²) in [6.45, 7) is 1.94. The topological polar surface area (TPSA) is 51.6 Å². The van der Waals surface area contributed by atoms with Crippen LogP contribution in [0.15, 0.2) is 36.7 Å². The van der Waals surface area contributed by atoms with Crippen molar-refractivity contribution in [3.63, 3.8) is 0 Å². The Hall–Kier alpha value is -2.07. The highest BCUT2D eigenvalue weighted by molar-refractivity contribution is 5.45. The molecule has 0 saturated carbocycles. The molecule has 0 amide bonds. The number of rotatable bonds is 4. The quantitative estimate of drug-likeness (QED) is 0.916. The Balaban J connectivity index is 2.44. The standard InChI is InChI=1S/C15H17NO3/c1-10-6-7-16-9-13(10)15(17)12-5-4-11(18-2)8-14(12)19-3/h4-9,15,17H,1-3H3. The van der Waals surface area contributed by atoms with Gasteiger partial charge in [0.25, 0.3) is 0 Å². The Kier molecular flexibility index (Phi) is 4.02. The first-order valence-electron chi connectivity index (χ1n) is 5.98. The fourth-order valence-corrected chi connectivity index (χ4v) is 1.97. The predicted molar refractivity (Wildman–Crippen MR) is 72.6 cm³/mol. The van der Waals surface area contributed by atoms with E-state index >= 15 is 0 Å². The minimum absolute atomic E-state index is 0.593. The van der Waals surface area contributed by atoms with Crippen LogP contribution in [0, 0.1) is 6.92 Å². The van der Waals surface area contributed by atoms with Crippen molar-refractivity contribution in [3.8, 4) is 11.5 Å². The van der Waals surface area contributed by atoms with Crippen LogP contribution in [0.1, 0.15) is 22.8 Å². The summed E-state index contributed by atoms with van der Waals surface area (Å²) in [4.78, 5) is 4.06. The van der Waals surface area contributed by atoms with E-state index in [0.717, 1.165) is 11.1 Å². The Morgan fingerprint density at radius 3 is 2.53 bits per heavy atom. The molecule has 1 aromatic carbocycles. The number of pyridine rings is 1. The second kappa shape index (κ2) is 5.71. The maximum atomic E-state index is 10.5. The molecule has 1 unspecified atom stereocenters. The lowest BCUT2D eigenvalue weighted by Crippen LogP contribution is -2.05. The molecule has 0 aliphatic heterocycles. The van der Waals surface area contributed by atoms with Gasteiger partial charge in [-0.2, -0.15) is 0 Å². The van der Waals surface area contributed by atoms with Gasteiger partial charge >= 0.3 is 0 Å². The molecule has 4 heteroatoms. The van der Waals surface area contributed by atoms with Gasteiger partial charge in [-0.15, -0.1) is 0 Å². The third-order valence-electron chi connectivity index (χ3n) is 3.11. The Bertz CT molecular complexity index is 569. The zero-order chi connectivity index (χ0) is 13.8. The lowest BCUT2D eigenvalue weighted by molar-refractivity contribution is 0.213. The van der Waals surface area contributed by atoms with Crippen LogP contribution in [-0.4, -0.2) is 24.3 Å². The summed E-state index contributed by atoms with van der Waals surface area (Å²) in [6, 6.07) is 7.22. The van der Waals surface area contributed by atoms with Gasteiger partial charge in [-0.05, 0) is 30.7 Å². The maximum Gasteiger partial charge on any atom is 0.128 e. The average Bonchev–Trinajstić information content (AvgIpc) is 2.46. The fourth-order valence-electron chi connectivity index (χ4n) is 1.97. The van der Waals surface area contributed by atoms with Crippen molar-refractivity contribution >= 4 is 0 Å². The molecule has 2 rings (SSSR count). The average molecular weight is 259 g/mol. The van der Waals surface area contributed by atoms with Crippen LogP contribution >= 0.6 is 0 Å². The van der Waals surface area contributed by atoms with Crippen molar-refractivity contribution in [1.29, 1.82) is 0 Å². The van der Waals surface area contributed by atoms with Crippen LogP contribution in [-0.2, 0) is 0 Å². The van der Waals surface area contributed by atoms with Crippen LogP contribution in [0.3, 0.4) is 0 Å². The molecule has 0 radical (unpaired) electrons. The number of hydrogen-bond acceptors (Lipinski definition) is 4. The van der Waals surface area contributed by atoms with Crippen molar-refractivity contribution in [2.75, 3.05) is 14.2 Å². The van der Waals surface area contributed by atoms with E-state index in [-0.39, 0.29) is 0 Å². The van der Waals surface area contributed by atoms with Gasteiger partial charge in [0, 0.05) is 29.6 Å². The summed E-state index contributed by atoms with van der Waals surface area (Å²) < 4.78 is 10.5. The lowest BCUT2D eigenvalue weighted by Gasteiger charge is -2.17. The minimum Gasteiger partial charge on any atom is -0.497 e. The molecule has 1 N–H and O–H groups in total. The van der Waals surface area contributed by atoms with Gasteiger partial charge in [0.1, 0.15) is 17.6 Å². The van der Waals surface area contributed by atoms with Crippen LogP contribution in [0.25, 0.3) is 0 Å². The zero-order valence-corrected chi connectivity index (χ0v) is 11.3. The van der Waals surface area contributed by atoms with Gasteiger partial charge in [0.05, 0.1) is 14.2 Å². The molecule has 0 spiro atoms. The molecule has 2 aromatic rings. The fraction of sp³-hybridized carbons (Fsp3) is 0.267. The molecule has 0 aliphatic carbocycles. The highest BCUT2D eigenvalue weighted by Crippen LogP contribution is 2.33. The summed E-state index contributed by atoms with van der Waals surface area (Å²) in [5.41, 5.74) is 2.45. The molecular formula is C15H17NO3. The summed E-state index contributed by atoms with van der Waals surface area (Å²) >= 11 is 0. The summed E-state index contributed by atoms with van der Waals surface area (Å²) in [5, 5.41) is 10.5. The van der Waals surface area contributed by atoms with E-state index in [1.807, 2.05) is 13.0 Å². The van der Waals surface area contributed by atoms with Gasteiger partial charge < -0.3 is 14.6 Å². The molecule has 0 bridgehead atoms. The summed E-state index contributed by atoms with van der Waals surface area (Å²) in [7, 11) is 3.16. The second-order valence-corrected chi connectivity index (χ2v) is 4.24. The van der Waals surface area contributed by atoms with E-state index in [0.29, 0.717) is 17.1 Å². The molecule has 19 heavy (non-hydrogen) atoms. The monoisotopic (exact) mass is 259 g/mol. The van der Waals surface area contributed by atoms with E-state index < -0.39 is 6.10 Å². The second-order valence-electron chi connectivity index (χ2n) is 4.24. The molecule has 0 saturated heterocycles. The first kappa shape index (κ1) is 13.4. The van der Waals surface area contributed by atoms with Gasteiger partial charge in [-0.25, -0.2) is 0 Å². The summed E-state index contributed by atoms with van der Waals surface area (Å²) in [5.74, 6) is 1.28. The first-order valence-corrected chi connectivity index (χ1v) is 5.98. The molecule has 1 atom stereocenters. The maximum absolute atomic E-state index is 10.5. The van der Waals surface area contributed by atoms with Crippen molar-refractivity contribution in [3.05, 3.63) is 53.3 Å². The van der Waals surface area contributed by atoms with E-state index in [1.165, 1.54) is 0 Å². The number of aromatic nitrogens is 1. The van der Waals surface area contributed by atoms with Crippen molar-refractivity contribution in [1.82, 2.24) is 4.98 Å². The summed E-state index contributed by atoms with van der Waals surface area (Å²) in [6.07, 6.45) is 2.61. The van der Waals surface area contributed by atoms with Crippen LogP contribution in [0.2, 0.25) is 0 Å². The molecule has 100 valence electrons. The van der Waals surface area contributed by atoms with Crippen LogP contribution in [0.4, 0.5) is 0 Å². The van der Waals surface area contributed by atoms with Crippen molar-refractivity contribution in [2.24, 2.45) is 0 Å². The number of aliphatic hydroxyl groups excluding tert-OH is 1. The normalized spacial score (nSPS) is 12.0. The van der Waals surface area contributed by atoms with Crippen LogP contribution in [0.5, 0.6) is 11.5 Å². The smallest absolute Gasteiger partial charge is 0.128 e. The number of methoxy groups -OCH3 is 2. The van der Waals surface area contributed by atoms with E-state index in [9.17, 15) is 5.11 Å². The van der Waals surface area contributed by atoms with E-state index in [1.54, 1.807) is 44.8 Å². The van der Waals surface area contributed by atoms with Gasteiger partial charge in [-0.1, -0.05) is 0 Å². The number of aryl methyl sites for hydroxylation is 1. The number of hydrogen-bond donors (Lipinski definition) is 1. The Morgan fingerprint density at radius 1 is 1.11 bits per heavy atom. The lowest BCUT2D eigenvalue weighted by atomic mass is 9.98. The third-order valence-corrected chi connectivity index (χ3v) is 3.11. The zero-order valence-electron chi connectivity index (χ0n) is 11.3. The minimum atomic E-state index is -0.769. The van der Waals surface area contributed by atoms with Crippen molar-refractivity contribution < 1.29 is 14.6 Å². The highest BCUT2D eigenvalue weighted by atomic mass is 16.5. The number of nitrogens with zero attached hydrogens (tertiary/aromatic N) is 1. The third kappa shape index (κ3) is 2.69. The van der Waals surface area contributed by atoms with E-state index in [2.05, 4.69) is 4.98 Å². The van der Waals surface area contributed by atoms with Gasteiger partial charge in [0.2, 0.25) is 0 Å².